The third-order valence-corrected chi connectivity index (χ3v) is 4.30. The maximum atomic E-state index is 12.3. The van der Waals surface area contributed by atoms with Crippen molar-refractivity contribution in [3.8, 4) is 23.1 Å². The van der Waals surface area contributed by atoms with Gasteiger partial charge in [0.1, 0.15) is 12.3 Å². The van der Waals surface area contributed by atoms with Crippen LogP contribution in [0.25, 0.3) is 23.1 Å². The van der Waals surface area contributed by atoms with E-state index in [0.29, 0.717) is 29.8 Å². The number of hydrogen-bond acceptors (Lipinski definition) is 6. The maximum Gasteiger partial charge on any atom is 0.283 e. The van der Waals surface area contributed by atoms with Gasteiger partial charge in [-0.2, -0.15) is 0 Å². The second-order valence-electron chi connectivity index (χ2n) is 6.12. The molecule has 0 saturated heterocycles. The van der Waals surface area contributed by atoms with Crippen LogP contribution in [-0.4, -0.2) is 20.7 Å². The number of carbonyl (C=O) groups is 1. The number of furan rings is 2. The number of carbonyl (C=O) groups excluding carboxylic acids is 1. The fourth-order valence-corrected chi connectivity index (χ4v) is 2.89. The van der Waals surface area contributed by atoms with Crippen molar-refractivity contribution in [2.45, 2.75) is 26.9 Å². The van der Waals surface area contributed by atoms with E-state index in [9.17, 15) is 4.79 Å². The Bertz CT molecular complexity index is 1040. The van der Waals surface area contributed by atoms with Crippen molar-refractivity contribution >= 4 is 5.91 Å². The molecule has 8 heteroatoms. The van der Waals surface area contributed by atoms with Crippen LogP contribution in [-0.2, 0) is 17.9 Å². The first kappa shape index (κ1) is 16.9. The van der Waals surface area contributed by atoms with E-state index >= 15 is 0 Å². The molecule has 4 aromatic rings. The fraction of sp³-hybridized carbons (Fsp3) is 0.211. The van der Waals surface area contributed by atoms with Crippen LogP contribution >= 0.6 is 0 Å². The molecule has 0 aliphatic heterocycles. The molecule has 138 valence electrons. The number of aryl methyl sites for hydroxylation is 1. The first-order chi connectivity index (χ1) is 13.1. The Morgan fingerprint density at radius 2 is 1.89 bits per heavy atom. The molecule has 0 spiro atoms. The van der Waals surface area contributed by atoms with Crippen LogP contribution in [0.15, 0.2) is 56.1 Å². The Morgan fingerprint density at radius 3 is 2.63 bits per heavy atom. The van der Waals surface area contributed by atoms with E-state index in [-0.39, 0.29) is 12.5 Å². The van der Waals surface area contributed by atoms with Gasteiger partial charge in [0.05, 0.1) is 24.6 Å². The van der Waals surface area contributed by atoms with Gasteiger partial charge in [0.2, 0.25) is 11.8 Å². The van der Waals surface area contributed by atoms with E-state index in [1.807, 2.05) is 30.5 Å². The summed E-state index contributed by atoms with van der Waals surface area (Å²) in [5.74, 6) is 1.82. The fourth-order valence-electron chi connectivity index (χ4n) is 2.89. The molecule has 4 heterocycles. The molecule has 0 fully saturated rings. The van der Waals surface area contributed by atoms with Crippen LogP contribution in [0.2, 0.25) is 0 Å². The van der Waals surface area contributed by atoms with Gasteiger partial charge >= 0.3 is 0 Å². The molecule has 4 aromatic heterocycles. The van der Waals surface area contributed by atoms with Gasteiger partial charge in [0, 0.05) is 11.4 Å². The zero-order chi connectivity index (χ0) is 18.8. The molecular weight excluding hydrogens is 348 g/mol. The zero-order valence-electron chi connectivity index (χ0n) is 14.9. The molecule has 0 atom stereocenters. The lowest BCUT2D eigenvalue weighted by Gasteiger charge is -2.09. The van der Waals surface area contributed by atoms with Crippen LogP contribution in [0.1, 0.15) is 17.1 Å². The highest BCUT2D eigenvalue weighted by atomic mass is 16.4. The van der Waals surface area contributed by atoms with Crippen LogP contribution in [0.4, 0.5) is 0 Å². The van der Waals surface area contributed by atoms with Gasteiger partial charge in [-0.3, -0.25) is 4.79 Å². The second-order valence-corrected chi connectivity index (χ2v) is 6.12. The van der Waals surface area contributed by atoms with Crippen molar-refractivity contribution in [1.82, 2.24) is 20.1 Å². The first-order valence-corrected chi connectivity index (χ1v) is 8.45. The number of aromatic nitrogens is 3. The molecule has 8 nitrogen and oxygen atoms in total. The minimum atomic E-state index is -0.110. The summed E-state index contributed by atoms with van der Waals surface area (Å²) in [6, 6.07) is 9.04. The molecule has 0 saturated carbocycles. The average molecular weight is 366 g/mol. The zero-order valence-corrected chi connectivity index (χ0v) is 14.9. The number of amides is 1. The summed E-state index contributed by atoms with van der Waals surface area (Å²) in [7, 11) is 0. The van der Waals surface area contributed by atoms with Crippen molar-refractivity contribution < 1.29 is 18.0 Å². The van der Waals surface area contributed by atoms with Gasteiger partial charge < -0.3 is 23.1 Å². The summed E-state index contributed by atoms with van der Waals surface area (Å²) in [5, 5.41) is 11.0. The molecule has 4 rings (SSSR count). The molecule has 1 amide bonds. The predicted octanol–water partition coefficient (Wildman–Crippen LogP) is 3.32. The molecule has 0 aliphatic carbocycles. The number of nitrogens with one attached hydrogen (secondary N) is 1. The summed E-state index contributed by atoms with van der Waals surface area (Å²) in [6.07, 6.45) is 3.13. The minimum absolute atomic E-state index is 0.110. The van der Waals surface area contributed by atoms with Crippen LogP contribution < -0.4 is 5.32 Å². The standard InChI is InChI=1S/C19H18N4O4/c1-12-9-15(18-21-22-19(27-18)16-6-4-8-26-16)13(2)23(12)11-17(24)20-10-14-5-3-7-25-14/h3-9H,10-11H2,1-2H3,(H,20,24). The second kappa shape index (κ2) is 6.99. The van der Waals surface area contributed by atoms with Gasteiger partial charge in [-0.15, -0.1) is 10.2 Å². The van der Waals surface area contributed by atoms with E-state index in [4.69, 9.17) is 13.3 Å². The lowest BCUT2D eigenvalue weighted by atomic mass is 10.2. The van der Waals surface area contributed by atoms with E-state index in [1.54, 1.807) is 30.7 Å². The van der Waals surface area contributed by atoms with Gasteiger partial charge in [0.25, 0.3) is 5.89 Å². The molecule has 1 N–H and O–H groups in total. The number of hydrogen-bond donors (Lipinski definition) is 1. The van der Waals surface area contributed by atoms with Crippen molar-refractivity contribution in [3.63, 3.8) is 0 Å². The summed E-state index contributed by atoms with van der Waals surface area (Å²) in [5.41, 5.74) is 2.58. The van der Waals surface area contributed by atoms with Crippen molar-refractivity contribution in [2.75, 3.05) is 0 Å². The monoisotopic (exact) mass is 366 g/mol. The molecule has 0 aliphatic rings. The Hall–Kier alpha value is -3.55. The lowest BCUT2D eigenvalue weighted by molar-refractivity contribution is -0.121. The topological polar surface area (TPSA) is 99.2 Å². The molecular formula is C19H18N4O4. The maximum absolute atomic E-state index is 12.3. The summed E-state index contributed by atoms with van der Waals surface area (Å²) in [4.78, 5) is 12.3. The first-order valence-electron chi connectivity index (χ1n) is 8.45. The summed E-state index contributed by atoms with van der Waals surface area (Å²) >= 11 is 0. The van der Waals surface area contributed by atoms with Crippen molar-refractivity contribution in [1.29, 1.82) is 0 Å². The van der Waals surface area contributed by atoms with Gasteiger partial charge in [-0.1, -0.05) is 0 Å². The average Bonchev–Trinajstić information content (AvgIpc) is 3.43. The van der Waals surface area contributed by atoms with Crippen LogP contribution in [0.5, 0.6) is 0 Å². The van der Waals surface area contributed by atoms with Crippen LogP contribution in [0.3, 0.4) is 0 Å². The highest BCUT2D eigenvalue weighted by molar-refractivity contribution is 5.76. The van der Waals surface area contributed by atoms with Gasteiger partial charge in [-0.05, 0) is 44.2 Å². The highest BCUT2D eigenvalue weighted by Gasteiger charge is 2.19. The largest absolute Gasteiger partial charge is 0.467 e. The minimum Gasteiger partial charge on any atom is -0.467 e. The van der Waals surface area contributed by atoms with E-state index in [0.717, 1.165) is 17.0 Å². The third kappa shape index (κ3) is 3.41. The lowest BCUT2D eigenvalue weighted by Crippen LogP contribution is -2.27. The summed E-state index contributed by atoms with van der Waals surface area (Å²) in [6.45, 7) is 4.39. The number of rotatable bonds is 6. The molecule has 0 radical (unpaired) electrons. The Morgan fingerprint density at radius 1 is 1.11 bits per heavy atom. The van der Waals surface area contributed by atoms with Gasteiger partial charge in [0.15, 0.2) is 5.76 Å². The SMILES string of the molecule is Cc1cc(-c2nnc(-c3ccco3)o2)c(C)n1CC(=O)NCc1ccco1. The smallest absolute Gasteiger partial charge is 0.283 e. The van der Waals surface area contributed by atoms with E-state index < -0.39 is 0 Å². The normalized spacial score (nSPS) is 11.0. The number of nitrogens with zero attached hydrogens (tertiary/aromatic N) is 3. The van der Waals surface area contributed by atoms with Crippen LogP contribution in [0, 0.1) is 13.8 Å². The Labute approximate surface area is 154 Å². The Balaban J connectivity index is 1.50. The molecule has 0 aromatic carbocycles. The molecule has 0 unspecified atom stereocenters. The third-order valence-electron chi connectivity index (χ3n) is 4.30. The predicted molar refractivity (Wildman–Crippen MR) is 95.5 cm³/mol. The summed E-state index contributed by atoms with van der Waals surface area (Å²) < 4.78 is 18.1. The van der Waals surface area contributed by atoms with Gasteiger partial charge in [-0.25, -0.2) is 0 Å². The molecule has 0 bridgehead atoms. The van der Waals surface area contributed by atoms with Crippen molar-refractivity contribution in [3.05, 3.63) is 60.0 Å². The van der Waals surface area contributed by atoms with E-state index in [1.165, 1.54) is 0 Å². The quantitative estimate of drug-likeness (QED) is 0.562. The van der Waals surface area contributed by atoms with Crippen molar-refractivity contribution in [2.24, 2.45) is 0 Å². The Kier molecular flexibility index (Phi) is 4.37. The highest BCUT2D eigenvalue weighted by Crippen LogP contribution is 2.28. The van der Waals surface area contributed by atoms with E-state index in [2.05, 4.69) is 15.5 Å². The molecule has 27 heavy (non-hydrogen) atoms.